The van der Waals surface area contributed by atoms with Crippen molar-refractivity contribution in [2.24, 2.45) is 5.84 Å². The molecule has 1 atom stereocenters. The molecule has 0 radical (unpaired) electrons. The average molecular weight is 331 g/mol. The van der Waals surface area contributed by atoms with Gasteiger partial charge in [0.05, 0.1) is 16.1 Å². The van der Waals surface area contributed by atoms with Gasteiger partial charge in [0.1, 0.15) is 5.82 Å². The lowest BCUT2D eigenvalue weighted by Crippen LogP contribution is -2.29. The average Bonchev–Trinajstić information content (AvgIpc) is 2.45. The summed E-state index contributed by atoms with van der Waals surface area (Å²) >= 11 is 13.7. The van der Waals surface area contributed by atoms with E-state index in [1.807, 2.05) is 12.1 Å². The number of halogens is 3. The minimum Gasteiger partial charge on any atom is -0.271 e. The Labute approximate surface area is 131 Å². The molecule has 0 fully saturated rings. The second-order valence-corrected chi connectivity index (χ2v) is 6.01. The van der Waals surface area contributed by atoms with Crippen molar-refractivity contribution in [2.75, 3.05) is 5.75 Å². The summed E-state index contributed by atoms with van der Waals surface area (Å²) in [5, 5.41) is 0.994. The van der Waals surface area contributed by atoms with E-state index in [-0.39, 0.29) is 11.9 Å². The van der Waals surface area contributed by atoms with Gasteiger partial charge in [0.15, 0.2) is 0 Å². The molecule has 0 heterocycles. The number of hydrogen-bond donors (Lipinski definition) is 2. The van der Waals surface area contributed by atoms with E-state index >= 15 is 0 Å². The van der Waals surface area contributed by atoms with Crippen LogP contribution in [0.15, 0.2) is 47.4 Å². The predicted octanol–water partition coefficient (Wildman–Crippen LogP) is 4.43. The zero-order chi connectivity index (χ0) is 14.5. The predicted molar refractivity (Wildman–Crippen MR) is 83.7 cm³/mol. The summed E-state index contributed by atoms with van der Waals surface area (Å²) in [6.07, 6.45) is 0. The van der Waals surface area contributed by atoms with Gasteiger partial charge in [0.25, 0.3) is 0 Å². The fourth-order valence-electron chi connectivity index (χ4n) is 1.73. The van der Waals surface area contributed by atoms with Crippen molar-refractivity contribution < 1.29 is 4.39 Å². The molecule has 2 rings (SSSR count). The normalized spacial score (nSPS) is 12.4. The summed E-state index contributed by atoms with van der Waals surface area (Å²) in [5.41, 5.74) is 3.57. The summed E-state index contributed by atoms with van der Waals surface area (Å²) in [4.78, 5) is 0.963. The molecule has 1 unspecified atom stereocenters. The fourth-order valence-corrected chi connectivity index (χ4v) is 3.13. The first kappa shape index (κ1) is 15.6. The minimum absolute atomic E-state index is 0.142. The van der Waals surface area contributed by atoms with Gasteiger partial charge in [-0.25, -0.2) is 4.39 Å². The van der Waals surface area contributed by atoms with E-state index in [0.29, 0.717) is 15.8 Å². The molecule has 0 saturated heterocycles. The van der Waals surface area contributed by atoms with Gasteiger partial charge >= 0.3 is 0 Å². The third-order valence-corrected chi connectivity index (χ3v) is 4.73. The number of hydrazine groups is 1. The molecule has 106 valence electrons. The Morgan fingerprint density at radius 2 is 1.85 bits per heavy atom. The Bertz CT molecular complexity index is 578. The minimum atomic E-state index is -0.249. The molecule has 0 bridgehead atoms. The van der Waals surface area contributed by atoms with E-state index < -0.39 is 0 Å². The highest BCUT2D eigenvalue weighted by atomic mass is 35.5. The Morgan fingerprint density at radius 1 is 1.15 bits per heavy atom. The van der Waals surface area contributed by atoms with E-state index in [2.05, 4.69) is 5.43 Å². The van der Waals surface area contributed by atoms with Crippen LogP contribution in [0.25, 0.3) is 0 Å². The lowest BCUT2D eigenvalue weighted by atomic mass is 10.1. The number of thioether (sulfide) groups is 1. The third-order valence-electron chi connectivity index (χ3n) is 2.79. The maximum atomic E-state index is 12.8. The Kier molecular flexibility index (Phi) is 5.69. The molecule has 0 aliphatic rings. The highest BCUT2D eigenvalue weighted by molar-refractivity contribution is 7.99. The van der Waals surface area contributed by atoms with Crippen molar-refractivity contribution in [2.45, 2.75) is 10.9 Å². The summed E-state index contributed by atoms with van der Waals surface area (Å²) in [6, 6.07) is 11.6. The molecule has 0 saturated carbocycles. The molecule has 0 amide bonds. The van der Waals surface area contributed by atoms with Crippen molar-refractivity contribution >= 4 is 35.0 Å². The largest absolute Gasteiger partial charge is 0.271 e. The highest BCUT2D eigenvalue weighted by Gasteiger charge is 2.15. The zero-order valence-electron chi connectivity index (χ0n) is 10.4. The maximum absolute atomic E-state index is 12.8. The van der Waals surface area contributed by atoms with Crippen LogP contribution in [0, 0.1) is 5.82 Å². The van der Waals surface area contributed by atoms with Gasteiger partial charge in [-0.2, -0.15) is 0 Å². The number of nitrogens with one attached hydrogen (secondary N) is 1. The van der Waals surface area contributed by atoms with E-state index in [4.69, 9.17) is 29.0 Å². The summed E-state index contributed by atoms with van der Waals surface area (Å²) in [5.74, 6) is 5.99. The quantitative estimate of drug-likeness (QED) is 0.484. The van der Waals surface area contributed by atoms with Gasteiger partial charge in [-0.15, -0.1) is 11.8 Å². The van der Waals surface area contributed by atoms with E-state index in [1.54, 1.807) is 30.0 Å². The number of nitrogens with two attached hydrogens (primary N) is 1. The lowest BCUT2D eigenvalue weighted by Gasteiger charge is -2.18. The SMILES string of the molecule is NNC(CSc1ccc(F)cc1)c1cccc(Cl)c1Cl. The maximum Gasteiger partial charge on any atom is 0.123 e. The standard InChI is InChI=1S/C14H13Cl2FN2S/c15-12-3-1-2-11(14(12)16)13(19-18)8-20-10-6-4-9(17)5-7-10/h1-7,13,19H,8,18H2. The van der Waals surface area contributed by atoms with Crippen molar-refractivity contribution in [3.8, 4) is 0 Å². The molecular weight excluding hydrogens is 318 g/mol. The molecular formula is C14H13Cl2FN2S. The topological polar surface area (TPSA) is 38.0 Å². The van der Waals surface area contributed by atoms with Crippen LogP contribution in [0.3, 0.4) is 0 Å². The molecule has 3 N–H and O–H groups in total. The van der Waals surface area contributed by atoms with Crippen LogP contribution in [0.2, 0.25) is 10.0 Å². The van der Waals surface area contributed by atoms with Crippen molar-refractivity contribution in [1.29, 1.82) is 0 Å². The van der Waals surface area contributed by atoms with E-state index in [1.165, 1.54) is 12.1 Å². The second kappa shape index (κ2) is 7.29. The lowest BCUT2D eigenvalue weighted by molar-refractivity contribution is 0.611. The fraction of sp³-hybridized carbons (Fsp3) is 0.143. The molecule has 0 aliphatic heterocycles. The smallest absolute Gasteiger partial charge is 0.123 e. The second-order valence-electron chi connectivity index (χ2n) is 4.13. The summed E-state index contributed by atoms with van der Waals surface area (Å²) in [6.45, 7) is 0. The Hall–Kier alpha value is -0.780. The van der Waals surface area contributed by atoms with Crippen LogP contribution >= 0.6 is 35.0 Å². The molecule has 2 aromatic rings. The first-order valence-electron chi connectivity index (χ1n) is 5.90. The molecule has 6 heteroatoms. The number of rotatable bonds is 5. The van der Waals surface area contributed by atoms with E-state index in [0.717, 1.165) is 10.5 Å². The van der Waals surface area contributed by atoms with Crippen LogP contribution < -0.4 is 11.3 Å². The molecule has 20 heavy (non-hydrogen) atoms. The van der Waals surface area contributed by atoms with Crippen molar-refractivity contribution in [1.82, 2.24) is 5.43 Å². The molecule has 0 aromatic heterocycles. The highest BCUT2D eigenvalue weighted by Crippen LogP contribution is 2.32. The van der Waals surface area contributed by atoms with E-state index in [9.17, 15) is 4.39 Å². The number of hydrogen-bond acceptors (Lipinski definition) is 3. The Balaban J connectivity index is 2.09. The van der Waals surface area contributed by atoms with Crippen molar-refractivity contribution in [3.63, 3.8) is 0 Å². The first-order chi connectivity index (χ1) is 9.61. The van der Waals surface area contributed by atoms with Gasteiger partial charge in [0.2, 0.25) is 0 Å². The van der Waals surface area contributed by atoms with Crippen LogP contribution in [0.1, 0.15) is 11.6 Å². The van der Waals surface area contributed by atoms with Gasteiger partial charge in [-0.1, -0.05) is 35.3 Å². The van der Waals surface area contributed by atoms with Gasteiger partial charge < -0.3 is 0 Å². The van der Waals surface area contributed by atoms with Crippen molar-refractivity contribution in [3.05, 3.63) is 63.9 Å². The molecule has 2 aromatic carbocycles. The van der Waals surface area contributed by atoms with Crippen LogP contribution in [0.4, 0.5) is 4.39 Å². The molecule has 0 spiro atoms. The molecule has 0 aliphatic carbocycles. The Morgan fingerprint density at radius 3 is 2.50 bits per heavy atom. The third kappa shape index (κ3) is 3.87. The summed E-state index contributed by atoms with van der Waals surface area (Å²) in [7, 11) is 0. The van der Waals surface area contributed by atoms with Crippen LogP contribution in [0.5, 0.6) is 0 Å². The number of benzene rings is 2. The molecule has 2 nitrogen and oxygen atoms in total. The zero-order valence-corrected chi connectivity index (χ0v) is 12.8. The first-order valence-corrected chi connectivity index (χ1v) is 7.64. The summed E-state index contributed by atoms with van der Waals surface area (Å²) < 4.78 is 12.8. The van der Waals surface area contributed by atoms with Crippen LogP contribution in [-0.4, -0.2) is 5.75 Å². The van der Waals surface area contributed by atoms with Gasteiger partial charge in [0, 0.05) is 10.6 Å². The monoisotopic (exact) mass is 330 g/mol. The van der Waals surface area contributed by atoms with Gasteiger partial charge in [-0.3, -0.25) is 11.3 Å². The van der Waals surface area contributed by atoms with Crippen LogP contribution in [-0.2, 0) is 0 Å². The van der Waals surface area contributed by atoms with Gasteiger partial charge in [-0.05, 0) is 35.9 Å².